The fourth-order valence-electron chi connectivity index (χ4n) is 5.15. The smallest absolute Gasteiger partial charge is 0.259 e. The third-order valence-electron chi connectivity index (χ3n) is 6.85. The quantitative estimate of drug-likeness (QED) is 0.0905. The number of nitrogens with zero attached hydrogens (tertiary/aromatic N) is 2. The molecule has 0 heterocycles. The van der Waals surface area contributed by atoms with E-state index in [0.29, 0.717) is 31.7 Å². The minimum Gasteiger partial charge on any atom is -0.322 e. The summed E-state index contributed by atoms with van der Waals surface area (Å²) < 4.78 is 14.8. The van der Waals surface area contributed by atoms with Crippen LogP contribution in [0.3, 0.4) is 0 Å². The fourth-order valence-corrected chi connectivity index (χ4v) is 9.27. The molecule has 0 saturated carbocycles. The molecule has 1 unspecified atom stereocenters. The molecule has 0 aliphatic carbocycles. The Morgan fingerprint density at radius 2 is 1.40 bits per heavy atom. The molecule has 4 aromatic rings. The van der Waals surface area contributed by atoms with E-state index in [0.717, 1.165) is 6.04 Å². The molecule has 0 N–H and O–H groups in total. The third kappa shape index (κ3) is 5.38. The van der Waals surface area contributed by atoms with Crippen molar-refractivity contribution in [2.45, 2.75) is 65.3 Å². The number of rotatable bonds is 11. The van der Waals surface area contributed by atoms with E-state index in [-0.39, 0.29) is 0 Å². The lowest BCUT2D eigenvalue weighted by molar-refractivity contribution is 0.181. The van der Waals surface area contributed by atoms with Crippen molar-refractivity contribution >= 4 is 54.1 Å². The van der Waals surface area contributed by atoms with Gasteiger partial charge < -0.3 is 9.05 Å². The maximum atomic E-state index is 8.96. The molecule has 0 radical (unpaired) electrons. The van der Waals surface area contributed by atoms with Crippen LogP contribution in [0.25, 0.3) is 32.3 Å². The Morgan fingerprint density at radius 3 is 2.03 bits per heavy atom. The van der Waals surface area contributed by atoms with Crippen molar-refractivity contribution in [3.8, 4) is 6.07 Å². The highest BCUT2D eigenvalue weighted by molar-refractivity contribution is 7.44. The van der Waals surface area contributed by atoms with Gasteiger partial charge >= 0.3 is 0 Å². The van der Waals surface area contributed by atoms with Crippen molar-refractivity contribution in [1.82, 2.24) is 4.67 Å². The van der Waals surface area contributed by atoms with Crippen LogP contribution >= 0.6 is 8.53 Å². The van der Waals surface area contributed by atoms with Crippen molar-refractivity contribution in [3.05, 3.63) is 54.6 Å². The van der Waals surface area contributed by atoms with Crippen molar-refractivity contribution in [2.75, 3.05) is 13.2 Å². The molecule has 1 atom stereocenters. The standard InChI is InChI=1S/C29H37N2O2PSi/c1-21(2)31(22(3)4)34(32-18-8-17-30)33-19-20-35(5,6)27-16-14-25-12-11-23-9-7-10-24-13-15-26(27)29(25)28(23)24/h7,9-16,21-22H,8,18-20H2,1-6H3. The lowest BCUT2D eigenvalue weighted by Crippen LogP contribution is -2.42. The zero-order valence-corrected chi connectivity index (χ0v) is 23.7. The Morgan fingerprint density at radius 1 is 0.829 bits per heavy atom. The Kier molecular flexibility index (Phi) is 8.11. The monoisotopic (exact) mass is 504 g/mol. The molecule has 35 heavy (non-hydrogen) atoms. The minimum absolute atomic E-state index is 0.311. The number of nitriles is 1. The molecule has 184 valence electrons. The highest BCUT2D eigenvalue weighted by Gasteiger charge is 2.30. The molecule has 0 aliphatic rings. The maximum Gasteiger partial charge on any atom is 0.259 e. The van der Waals surface area contributed by atoms with Crippen LogP contribution in [0.1, 0.15) is 34.1 Å². The van der Waals surface area contributed by atoms with Gasteiger partial charge in [0.1, 0.15) is 0 Å². The predicted octanol–water partition coefficient (Wildman–Crippen LogP) is 7.79. The van der Waals surface area contributed by atoms with Crippen LogP contribution in [0.15, 0.2) is 54.6 Å². The first-order chi connectivity index (χ1) is 16.7. The average Bonchev–Trinajstić information content (AvgIpc) is 2.81. The van der Waals surface area contributed by atoms with Crippen LogP contribution in [0.5, 0.6) is 0 Å². The number of hydrogen-bond acceptors (Lipinski definition) is 4. The molecule has 4 aromatic carbocycles. The average molecular weight is 505 g/mol. The van der Waals surface area contributed by atoms with E-state index in [4.69, 9.17) is 14.3 Å². The summed E-state index contributed by atoms with van der Waals surface area (Å²) in [6, 6.07) is 24.1. The van der Waals surface area contributed by atoms with Gasteiger partial charge in [0.25, 0.3) is 8.53 Å². The number of benzene rings is 4. The highest BCUT2D eigenvalue weighted by atomic mass is 31.2. The molecule has 0 fully saturated rings. The lowest BCUT2D eigenvalue weighted by atomic mass is 9.94. The second-order valence-electron chi connectivity index (χ2n) is 10.5. The van der Waals surface area contributed by atoms with Gasteiger partial charge in [-0.25, -0.2) is 4.67 Å². The van der Waals surface area contributed by atoms with Gasteiger partial charge in [-0.3, -0.25) is 0 Å². The molecular weight excluding hydrogens is 467 g/mol. The summed E-state index contributed by atoms with van der Waals surface area (Å²) in [6.07, 6.45) is 0.384. The van der Waals surface area contributed by atoms with Crippen LogP contribution in [0.2, 0.25) is 19.1 Å². The molecule has 4 rings (SSSR count). The van der Waals surface area contributed by atoms with Crippen LogP contribution < -0.4 is 5.19 Å². The zero-order valence-electron chi connectivity index (χ0n) is 21.8. The normalized spacial score (nSPS) is 13.6. The largest absolute Gasteiger partial charge is 0.322 e. The van der Waals surface area contributed by atoms with Crippen molar-refractivity contribution in [1.29, 1.82) is 5.26 Å². The maximum absolute atomic E-state index is 8.96. The first kappa shape index (κ1) is 26.0. The predicted molar refractivity (Wildman–Crippen MR) is 153 cm³/mol. The second-order valence-corrected chi connectivity index (χ2v) is 16.7. The van der Waals surface area contributed by atoms with Crippen LogP contribution in [-0.2, 0) is 9.05 Å². The van der Waals surface area contributed by atoms with Gasteiger partial charge in [0.05, 0.1) is 33.8 Å². The molecule has 6 heteroatoms. The first-order valence-electron chi connectivity index (χ1n) is 12.6. The van der Waals surface area contributed by atoms with Crippen LogP contribution in [-0.4, -0.2) is 38.0 Å². The Balaban J connectivity index is 1.59. The zero-order chi connectivity index (χ0) is 25.2. The second kappa shape index (κ2) is 10.9. The third-order valence-corrected chi connectivity index (χ3v) is 12.3. The summed E-state index contributed by atoms with van der Waals surface area (Å²) in [7, 11) is -3.01. The van der Waals surface area contributed by atoms with Crippen molar-refractivity contribution in [2.24, 2.45) is 0 Å². The van der Waals surface area contributed by atoms with Gasteiger partial charge in [-0.1, -0.05) is 72.9 Å². The van der Waals surface area contributed by atoms with Crippen LogP contribution in [0, 0.1) is 11.3 Å². The van der Waals surface area contributed by atoms with E-state index >= 15 is 0 Å². The molecule has 0 aliphatic heterocycles. The molecule has 0 amide bonds. The SMILES string of the molecule is CC(C)N(C(C)C)P(OCCC#N)OCC[Si](C)(C)c1ccc2ccc3cccc4ccc1c2c34. The molecule has 0 saturated heterocycles. The summed E-state index contributed by atoms with van der Waals surface area (Å²) in [6.45, 7) is 14.7. The summed E-state index contributed by atoms with van der Waals surface area (Å²) in [5.41, 5.74) is 0. The molecule has 0 spiro atoms. The van der Waals surface area contributed by atoms with E-state index in [1.807, 2.05) is 0 Å². The Hall–Kier alpha value is -2.06. The minimum atomic E-state index is -1.81. The van der Waals surface area contributed by atoms with Crippen molar-refractivity contribution < 1.29 is 9.05 Å². The summed E-state index contributed by atoms with van der Waals surface area (Å²) in [5, 5.41) is 18.5. The number of hydrogen-bond donors (Lipinski definition) is 0. The van der Waals surface area contributed by atoms with Gasteiger partial charge in [-0.15, -0.1) is 0 Å². The van der Waals surface area contributed by atoms with E-state index in [1.54, 1.807) is 0 Å². The fraction of sp³-hybridized carbons (Fsp3) is 0.414. The Labute approximate surface area is 212 Å². The first-order valence-corrected chi connectivity index (χ1v) is 17.0. The summed E-state index contributed by atoms with van der Waals surface area (Å²) in [4.78, 5) is 0. The Bertz CT molecular complexity index is 1310. The summed E-state index contributed by atoms with van der Waals surface area (Å²) in [5.74, 6) is 0. The van der Waals surface area contributed by atoms with Gasteiger partial charge in [0.15, 0.2) is 0 Å². The summed E-state index contributed by atoms with van der Waals surface area (Å²) >= 11 is 0. The van der Waals surface area contributed by atoms with Gasteiger partial charge in [-0.05, 0) is 66.1 Å². The van der Waals surface area contributed by atoms with E-state index in [9.17, 15) is 0 Å². The molecule has 4 nitrogen and oxygen atoms in total. The van der Waals surface area contributed by atoms with E-state index in [2.05, 4.69) is 106 Å². The van der Waals surface area contributed by atoms with Crippen LogP contribution in [0.4, 0.5) is 0 Å². The van der Waals surface area contributed by atoms with E-state index in [1.165, 1.54) is 37.5 Å². The van der Waals surface area contributed by atoms with Gasteiger partial charge in [-0.2, -0.15) is 5.26 Å². The highest BCUT2D eigenvalue weighted by Crippen LogP contribution is 2.46. The van der Waals surface area contributed by atoms with Crippen molar-refractivity contribution in [3.63, 3.8) is 0 Å². The van der Waals surface area contributed by atoms with Gasteiger partial charge in [0, 0.05) is 12.1 Å². The van der Waals surface area contributed by atoms with E-state index < -0.39 is 16.6 Å². The van der Waals surface area contributed by atoms with Gasteiger partial charge in [0.2, 0.25) is 0 Å². The topological polar surface area (TPSA) is 45.5 Å². The molecular formula is C29H37N2O2PSi. The molecule has 0 bridgehead atoms. The lowest BCUT2D eigenvalue weighted by Gasteiger charge is -2.36. The molecule has 0 aromatic heterocycles.